The molecule has 0 atom stereocenters. The van der Waals surface area contributed by atoms with E-state index in [-0.39, 0.29) is 5.91 Å². The molecule has 0 saturated carbocycles. The molecule has 0 unspecified atom stereocenters. The van der Waals surface area contributed by atoms with Crippen LogP contribution in [0.3, 0.4) is 0 Å². The van der Waals surface area contributed by atoms with Crippen molar-refractivity contribution in [3.63, 3.8) is 0 Å². The average Bonchev–Trinajstić information content (AvgIpc) is 3.21. The molecule has 4 nitrogen and oxygen atoms in total. The van der Waals surface area contributed by atoms with Gasteiger partial charge in [0.1, 0.15) is 0 Å². The Hall–Kier alpha value is -2.24. The van der Waals surface area contributed by atoms with E-state index in [0.29, 0.717) is 0 Å². The second-order valence-electron chi connectivity index (χ2n) is 6.98. The van der Waals surface area contributed by atoms with Gasteiger partial charge < -0.3 is 9.80 Å². The Morgan fingerprint density at radius 2 is 2.04 bits per heavy atom. The third-order valence-corrected chi connectivity index (χ3v) is 5.95. The Bertz CT molecular complexity index is 928. The van der Waals surface area contributed by atoms with Crippen LogP contribution in [-0.4, -0.2) is 48.5 Å². The van der Waals surface area contributed by atoms with E-state index in [4.69, 9.17) is 4.98 Å². The van der Waals surface area contributed by atoms with Crippen LogP contribution in [0.4, 0.5) is 0 Å². The van der Waals surface area contributed by atoms with E-state index < -0.39 is 0 Å². The maximum Gasteiger partial charge on any atom is 0.255 e. The highest BCUT2D eigenvalue weighted by Crippen LogP contribution is 2.28. The summed E-state index contributed by atoms with van der Waals surface area (Å²) in [6, 6.07) is 10.2. The molecule has 1 N–H and O–H groups in total. The number of likely N-dealkylation sites (N-methyl/N-ethyl adjacent to an activating group) is 1. The smallest absolute Gasteiger partial charge is 0.255 e. The number of rotatable bonds is 3. The van der Waals surface area contributed by atoms with E-state index in [2.05, 4.69) is 37.4 Å². The summed E-state index contributed by atoms with van der Waals surface area (Å²) < 4.78 is 0. The maximum absolute atomic E-state index is 13.3. The zero-order valence-corrected chi connectivity index (χ0v) is 16.1. The summed E-state index contributed by atoms with van der Waals surface area (Å²) in [6.07, 6.45) is 0. The number of quaternary nitrogens is 1. The van der Waals surface area contributed by atoms with Gasteiger partial charge >= 0.3 is 0 Å². The number of hydrogen-bond donors (Lipinski definition) is 1. The number of nitrogens with one attached hydrogen (secondary N) is 1. The topological polar surface area (TPSA) is 37.6 Å². The van der Waals surface area contributed by atoms with Crippen molar-refractivity contribution in [3.05, 3.63) is 52.2 Å². The van der Waals surface area contributed by atoms with Gasteiger partial charge in [0.15, 0.2) is 0 Å². The molecule has 134 valence electrons. The van der Waals surface area contributed by atoms with Crippen LogP contribution in [0, 0.1) is 6.92 Å². The molecule has 0 radical (unpaired) electrons. The van der Waals surface area contributed by atoms with Crippen molar-refractivity contribution < 1.29 is 9.69 Å². The first-order valence-corrected chi connectivity index (χ1v) is 10.2. The first kappa shape index (κ1) is 17.2. The monoisotopic (exact) mass is 366 g/mol. The van der Waals surface area contributed by atoms with E-state index in [1.807, 2.05) is 22.4 Å². The summed E-state index contributed by atoms with van der Waals surface area (Å²) in [4.78, 5) is 21.7. The number of amides is 1. The van der Waals surface area contributed by atoms with Crippen LogP contribution < -0.4 is 4.90 Å². The van der Waals surface area contributed by atoms with Crippen molar-refractivity contribution in [2.24, 2.45) is 0 Å². The van der Waals surface area contributed by atoms with Crippen LogP contribution in [0.2, 0.25) is 0 Å². The maximum atomic E-state index is 13.3. The Morgan fingerprint density at radius 1 is 1.23 bits per heavy atom. The zero-order chi connectivity index (χ0) is 18.1. The number of pyridine rings is 1. The number of benzene rings is 1. The number of thiophene rings is 1. The van der Waals surface area contributed by atoms with Crippen LogP contribution in [0.15, 0.2) is 41.1 Å². The summed E-state index contributed by atoms with van der Waals surface area (Å²) >= 11 is 1.65. The molecule has 1 saturated heterocycles. The van der Waals surface area contributed by atoms with Crippen molar-refractivity contribution in [1.82, 2.24) is 9.88 Å². The molecule has 0 bridgehead atoms. The number of aromatic nitrogens is 1. The molecular formula is C21H24N3OS+. The van der Waals surface area contributed by atoms with Gasteiger partial charge in [-0.1, -0.05) is 11.6 Å². The second kappa shape index (κ2) is 7.17. The van der Waals surface area contributed by atoms with Gasteiger partial charge in [-0.3, -0.25) is 4.79 Å². The molecule has 1 fully saturated rings. The Kier molecular flexibility index (Phi) is 4.74. The molecule has 1 aromatic carbocycles. The molecule has 26 heavy (non-hydrogen) atoms. The van der Waals surface area contributed by atoms with E-state index >= 15 is 0 Å². The molecule has 1 aliphatic rings. The summed E-state index contributed by atoms with van der Waals surface area (Å²) in [6.45, 7) is 9.10. The number of carbonyl (C=O) groups excluding carboxylic acids is 1. The van der Waals surface area contributed by atoms with Gasteiger partial charge in [0, 0.05) is 16.3 Å². The molecular weight excluding hydrogens is 342 g/mol. The summed E-state index contributed by atoms with van der Waals surface area (Å²) in [5.74, 6) is 0.134. The van der Waals surface area contributed by atoms with Crippen LogP contribution in [0.25, 0.3) is 22.2 Å². The van der Waals surface area contributed by atoms with Gasteiger partial charge in [0.25, 0.3) is 5.91 Å². The molecule has 3 aromatic rings. The second-order valence-corrected chi connectivity index (χ2v) is 7.76. The van der Waals surface area contributed by atoms with Crippen molar-refractivity contribution in [2.45, 2.75) is 13.8 Å². The fraction of sp³-hybridized carbons (Fsp3) is 0.333. The zero-order valence-electron chi connectivity index (χ0n) is 15.3. The number of carbonyl (C=O) groups is 1. The van der Waals surface area contributed by atoms with Crippen LogP contribution in [-0.2, 0) is 0 Å². The van der Waals surface area contributed by atoms with Gasteiger partial charge in [-0.15, -0.1) is 0 Å². The standard InChI is InChI=1S/C21H23N3OS/c1-3-23-7-9-24(10-8-23)21(25)18-13-20(16-6-11-26-14-16)22-19-5-4-15(2)12-17(18)19/h4-6,11-14H,3,7-10H2,1-2H3/p+1. The SMILES string of the molecule is CC[NH+]1CCN(C(=O)c2cc(-c3ccsc3)nc3ccc(C)cc23)CC1. The van der Waals surface area contributed by atoms with Crippen molar-refractivity contribution in [3.8, 4) is 11.3 Å². The highest BCUT2D eigenvalue weighted by Gasteiger charge is 2.25. The minimum absolute atomic E-state index is 0.134. The third-order valence-electron chi connectivity index (χ3n) is 5.27. The number of piperazine rings is 1. The lowest BCUT2D eigenvalue weighted by Gasteiger charge is -2.32. The summed E-state index contributed by atoms with van der Waals surface area (Å²) in [5, 5.41) is 5.09. The minimum atomic E-state index is 0.134. The Labute approximate surface area is 158 Å². The lowest BCUT2D eigenvalue weighted by Crippen LogP contribution is -3.14. The number of aryl methyl sites for hydroxylation is 1. The van der Waals surface area contributed by atoms with E-state index in [9.17, 15) is 4.79 Å². The van der Waals surface area contributed by atoms with Crippen molar-refractivity contribution in [2.75, 3.05) is 32.7 Å². The van der Waals surface area contributed by atoms with E-state index in [1.54, 1.807) is 16.2 Å². The van der Waals surface area contributed by atoms with E-state index in [1.165, 1.54) is 0 Å². The number of nitrogens with zero attached hydrogens (tertiary/aromatic N) is 2. The molecule has 3 heterocycles. The molecule has 1 aliphatic heterocycles. The van der Waals surface area contributed by atoms with Crippen molar-refractivity contribution in [1.29, 1.82) is 0 Å². The highest BCUT2D eigenvalue weighted by atomic mass is 32.1. The van der Waals surface area contributed by atoms with Crippen LogP contribution in [0.1, 0.15) is 22.8 Å². The van der Waals surface area contributed by atoms with Crippen LogP contribution in [0.5, 0.6) is 0 Å². The number of hydrogen-bond acceptors (Lipinski definition) is 3. The molecule has 5 heteroatoms. The molecule has 4 rings (SSSR count). The fourth-order valence-corrected chi connectivity index (χ4v) is 4.27. The van der Waals surface area contributed by atoms with Crippen molar-refractivity contribution >= 4 is 28.1 Å². The first-order valence-electron chi connectivity index (χ1n) is 9.22. The summed E-state index contributed by atoms with van der Waals surface area (Å²) in [5.41, 5.74) is 4.77. The van der Waals surface area contributed by atoms with E-state index in [0.717, 1.165) is 66.0 Å². The quantitative estimate of drug-likeness (QED) is 0.774. The molecule has 1 amide bonds. The molecule has 2 aromatic heterocycles. The predicted molar refractivity (Wildman–Crippen MR) is 107 cm³/mol. The minimum Gasteiger partial charge on any atom is -0.332 e. The fourth-order valence-electron chi connectivity index (χ4n) is 3.62. The van der Waals surface area contributed by atoms with Gasteiger partial charge in [-0.25, -0.2) is 4.98 Å². The molecule has 0 spiro atoms. The first-order chi connectivity index (χ1) is 12.7. The van der Waals surface area contributed by atoms with Gasteiger partial charge in [0.2, 0.25) is 0 Å². The Morgan fingerprint density at radius 3 is 2.73 bits per heavy atom. The van der Waals surface area contributed by atoms with Crippen LogP contribution >= 0.6 is 11.3 Å². The van der Waals surface area contributed by atoms with Gasteiger partial charge in [-0.2, -0.15) is 11.3 Å². The normalized spacial score (nSPS) is 15.5. The predicted octanol–water partition coefficient (Wildman–Crippen LogP) is 2.63. The highest BCUT2D eigenvalue weighted by molar-refractivity contribution is 7.08. The number of fused-ring (bicyclic) bond motifs is 1. The lowest BCUT2D eigenvalue weighted by atomic mass is 10.0. The largest absolute Gasteiger partial charge is 0.332 e. The Balaban J connectivity index is 1.77. The summed E-state index contributed by atoms with van der Waals surface area (Å²) in [7, 11) is 0. The third kappa shape index (κ3) is 3.24. The lowest BCUT2D eigenvalue weighted by molar-refractivity contribution is -0.902. The average molecular weight is 367 g/mol. The van der Waals surface area contributed by atoms with Gasteiger partial charge in [-0.05, 0) is 43.5 Å². The van der Waals surface area contributed by atoms with Gasteiger partial charge in [0.05, 0.1) is 49.5 Å². The molecule has 0 aliphatic carbocycles.